The number of halogens is 4. The van der Waals surface area contributed by atoms with Gasteiger partial charge in [-0.3, -0.25) is 4.90 Å². The second-order valence-corrected chi connectivity index (χ2v) is 10.4. The maximum Gasteiger partial charge on any atom is 0.419 e. The summed E-state index contributed by atoms with van der Waals surface area (Å²) in [5.74, 6) is -0.406. The van der Waals surface area contributed by atoms with Crippen molar-refractivity contribution >= 4 is 0 Å². The number of benzene rings is 4. The number of aromatic nitrogens is 2. The molecule has 42 heavy (non-hydrogen) atoms. The molecular weight excluding hydrogens is 538 g/mol. The number of imidazole rings is 1. The second kappa shape index (κ2) is 13.2. The van der Waals surface area contributed by atoms with Gasteiger partial charge in [0.05, 0.1) is 17.0 Å². The Morgan fingerprint density at radius 2 is 1.31 bits per heavy atom. The fraction of sp³-hybridized carbons (Fsp3) is 0.229. The van der Waals surface area contributed by atoms with Crippen LogP contribution in [0.4, 0.5) is 17.6 Å². The van der Waals surface area contributed by atoms with Crippen molar-refractivity contribution in [1.82, 2.24) is 14.5 Å². The van der Waals surface area contributed by atoms with Gasteiger partial charge < -0.3 is 4.57 Å². The Bertz CT molecular complexity index is 1580. The highest BCUT2D eigenvalue weighted by Crippen LogP contribution is 2.34. The average Bonchev–Trinajstić information content (AvgIpc) is 3.35. The molecule has 7 heteroatoms. The predicted molar refractivity (Wildman–Crippen MR) is 159 cm³/mol. The van der Waals surface area contributed by atoms with Crippen LogP contribution in [-0.2, 0) is 32.4 Å². The predicted octanol–water partition coefficient (Wildman–Crippen LogP) is 9.38. The molecule has 5 aromatic rings. The topological polar surface area (TPSA) is 21.1 Å². The Kier molecular flexibility index (Phi) is 9.18. The van der Waals surface area contributed by atoms with Gasteiger partial charge in [-0.2, -0.15) is 13.2 Å². The molecule has 4 aromatic carbocycles. The molecule has 0 aliphatic heterocycles. The first-order valence-corrected chi connectivity index (χ1v) is 14.2. The van der Waals surface area contributed by atoms with Crippen LogP contribution in [0.1, 0.15) is 42.1 Å². The summed E-state index contributed by atoms with van der Waals surface area (Å²) in [6.07, 6.45) is -2.83. The Labute approximate surface area is 244 Å². The second-order valence-electron chi connectivity index (χ2n) is 10.4. The van der Waals surface area contributed by atoms with Crippen LogP contribution < -0.4 is 0 Å². The van der Waals surface area contributed by atoms with Gasteiger partial charge in [-0.15, -0.1) is 0 Å². The maximum atomic E-state index is 14.1. The molecule has 216 valence electrons. The Hall–Kier alpha value is -4.23. The van der Waals surface area contributed by atoms with Crippen LogP contribution in [0, 0.1) is 5.82 Å². The van der Waals surface area contributed by atoms with E-state index in [0.29, 0.717) is 18.7 Å². The Morgan fingerprint density at radius 3 is 1.93 bits per heavy atom. The number of nitrogens with zero attached hydrogens (tertiary/aromatic N) is 3. The minimum atomic E-state index is -4.77. The summed E-state index contributed by atoms with van der Waals surface area (Å²) >= 11 is 0. The largest absolute Gasteiger partial charge is 0.419 e. The van der Waals surface area contributed by atoms with E-state index in [9.17, 15) is 17.6 Å². The molecule has 0 amide bonds. The molecule has 0 radical (unpaired) electrons. The van der Waals surface area contributed by atoms with Crippen LogP contribution in [-0.4, -0.2) is 14.5 Å². The van der Waals surface area contributed by atoms with Crippen LogP contribution in [0.3, 0.4) is 0 Å². The molecule has 1 aromatic heterocycles. The van der Waals surface area contributed by atoms with Crippen molar-refractivity contribution < 1.29 is 17.6 Å². The normalized spacial score (nSPS) is 11.8. The lowest BCUT2D eigenvalue weighted by Gasteiger charge is -2.25. The van der Waals surface area contributed by atoms with Crippen LogP contribution >= 0.6 is 0 Å². The lowest BCUT2D eigenvalue weighted by atomic mass is 10.1. The highest BCUT2D eigenvalue weighted by molar-refractivity contribution is 5.68. The molecule has 1 heterocycles. The first-order valence-electron chi connectivity index (χ1n) is 14.2. The zero-order valence-corrected chi connectivity index (χ0v) is 23.5. The summed E-state index contributed by atoms with van der Waals surface area (Å²) < 4.78 is 57.1. The number of rotatable bonds is 11. The third-order valence-corrected chi connectivity index (χ3v) is 7.25. The summed E-state index contributed by atoms with van der Waals surface area (Å²) in [6.45, 7) is 4.02. The smallest absolute Gasteiger partial charge is 0.326 e. The molecule has 0 fully saturated rings. The van der Waals surface area contributed by atoms with E-state index < -0.39 is 17.6 Å². The van der Waals surface area contributed by atoms with Gasteiger partial charge in [0.25, 0.3) is 0 Å². The van der Waals surface area contributed by atoms with Gasteiger partial charge in [0, 0.05) is 37.3 Å². The lowest BCUT2D eigenvalue weighted by Crippen LogP contribution is -2.25. The van der Waals surface area contributed by atoms with E-state index in [4.69, 9.17) is 4.98 Å². The molecule has 0 aliphatic rings. The van der Waals surface area contributed by atoms with Crippen LogP contribution in [0.15, 0.2) is 109 Å². The molecule has 0 saturated carbocycles. The van der Waals surface area contributed by atoms with Crippen molar-refractivity contribution in [2.75, 3.05) is 0 Å². The average molecular weight is 572 g/mol. The highest BCUT2D eigenvalue weighted by atomic mass is 19.4. The van der Waals surface area contributed by atoms with E-state index in [0.717, 1.165) is 65.4 Å². The first kappa shape index (κ1) is 29.3. The van der Waals surface area contributed by atoms with E-state index >= 15 is 0 Å². The van der Waals surface area contributed by atoms with Gasteiger partial charge in [-0.25, -0.2) is 9.37 Å². The van der Waals surface area contributed by atoms with E-state index in [1.165, 1.54) is 6.07 Å². The van der Waals surface area contributed by atoms with Crippen molar-refractivity contribution in [3.8, 4) is 22.6 Å². The van der Waals surface area contributed by atoms with E-state index in [-0.39, 0.29) is 6.54 Å². The number of alkyl halides is 3. The summed E-state index contributed by atoms with van der Waals surface area (Å²) in [5.41, 5.74) is 3.98. The fourth-order valence-corrected chi connectivity index (χ4v) is 5.21. The molecule has 0 bridgehead atoms. The zero-order valence-electron chi connectivity index (χ0n) is 23.5. The summed E-state index contributed by atoms with van der Waals surface area (Å²) in [7, 11) is 0. The van der Waals surface area contributed by atoms with Gasteiger partial charge in [-0.05, 0) is 29.7 Å². The van der Waals surface area contributed by atoms with Crippen LogP contribution in [0.5, 0.6) is 0 Å². The monoisotopic (exact) mass is 571 g/mol. The highest BCUT2D eigenvalue weighted by Gasteiger charge is 2.34. The minimum absolute atomic E-state index is 0.201. The molecule has 0 atom stereocenters. The van der Waals surface area contributed by atoms with Crippen molar-refractivity contribution in [3.63, 3.8) is 0 Å². The van der Waals surface area contributed by atoms with Gasteiger partial charge in [-0.1, -0.05) is 110 Å². The standard InChI is InChI=1S/C35H33F4N3/c1-2-3-21-42-32(33(28-15-9-5-10-16-28)40-34(42)29-17-11-6-12-18-29)25-41(23-26-13-7-4-8-14-26)24-27-19-20-31(36)30(22-27)35(37,38)39/h4-20,22H,2-3,21,23-25H2,1H3. The fourth-order valence-electron chi connectivity index (χ4n) is 5.21. The van der Waals surface area contributed by atoms with Gasteiger partial charge in [0.2, 0.25) is 0 Å². The maximum absolute atomic E-state index is 14.1. The minimum Gasteiger partial charge on any atom is -0.326 e. The first-order chi connectivity index (χ1) is 20.3. The van der Waals surface area contributed by atoms with Crippen LogP contribution in [0.2, 0.25) is 0 Å². The number of unbranched alkanes of at least 4 members (excludes halogenated alkanes) is 1. The van der Waals surface area contributed by atoms with E-state index in [2.05, 4.69) is 16.4 Å². The quantitative estimate of drug-likeness (QED) is 0.147. The molecule has 3 nitrogen and oxygen atoms in total. The molecule has 5 rings (SSSR count). The SMILES string of the molecule is CCCCn1c(-c2ccccc2)nc(-c2ccccc2)c1CN(Cc1ccccc1)Cc1ccc(F)c(C(F)(F)F)c1. The zero-order chi connectivity index (χ0) is 29.5. The summed E-state index contributed by atoms with van der Waals surface area (Å²) in [4.78, 5) is 7.27. The molecule has 0 N–H and O–H groups in total. The molecule has 0 aliphatic carbocycles. The van der Waals surface area contributed by atoms with Crippen molar-refractivity contribution in [2.45, 2.75) is 52.1 Å². The third-order valence-electron chi connectivity index (χ3n) is 7.25. The summed E-state index contributed by atoms with van der Waals surface area (Å²) in [5, 5.41) is 0. The summed E-state index contributed by atoms with van der Waals surface area (Å²) in [6, 6.07) is 33.1. The molecule has 0 saturated heterocycles. The van der Waals surface area contributed by atoms with E-state index in [1.807, 2.05) is 91.0 Å². The van der Waals surface area contributed by atoms with Crippen LogP contribution in [0.25, 0.3) is 22.6 Å². The molecule has 0 spiro atoms. The van der Waals surface area contributed by atoms with Gasteiger partial charge >= 0.3 is 6.18 Å². The van der Waals surface area contributed by atoms with Crippen molar-refractivity contribution in [1.29, 1.82) is 0 Å². The van der Waals surface area contributed by atoms with E-state index in [1.54, 1.807) is 0 Å². The molecular formula is C35H33F4N3. The van der Waals surface area contributed by atoms with Gasteiger partial charge in [0.15, 0.2) is 0 Å². The molecule has 0 unspecified atom stereocenters. The van der Waals surface area contributed by atoms with Crippen molar-refractivity contribution in [2.24, 2.45) is 0 Å². The Morgan fingerprint density at radius 1 is 0.714 bits per heavy atom. The third kappa shape index (κ3) is 6.97. The number of hydrogen-bond acceptors (Lipinski definition) is 2. The van der Waals surface area contributed by atoms with Crippen molar-refractivity contribution in [3.05, 3.63) is 137 Å². The number of hydrogen-bond donors (Lipinski definition) is 0. The van der Waals surface area contributed by atoms with Gasteiger partial charge in [0.1, 0.15) is 11.6 Å². The lowest BCUT2D eigenvalue weighted by molar-refractivity contribution is -0.140. The Balaban J connectivity index is 1.62.